The third-order valence-electron chi connectivity index (χ3n) is 2.12. The molecule has 2 aliphatic rings. The lowest BCUT2D eigenvalue weighted by atomic mass is 9.65. The van der Waals surface area contributed by atoms with Gasteiger partial charge in [0.2, 0.25) is 0 Å². The summed E-state index contributed by atoms with van der Waals surface area (Å²) in [6.07, 6.45) is 0. The Bertz CT molecular complexity index is 406. The summed E-state index contributed by atoms with van der Waals surface area (Å²) in [5.41, 5.74) is 0.957. The van der Waals surface area contributed by atoms with E-state index in [9.17, 15) is 0 Å². The van der Waals surface area contributed by atoms with Crippen molar-refractivity contribution in [2.24, 2.45) is 4.99 Å². The largest absolute Gasteiger partial charge is 0.544 e. The summed E-state index contributed by atoms with van der Waals surface area (Å²) < 4.78 is 10.2. The standard InChI is InChI=1S/C8H7B2N2O2/c1-5-3-2-4-6(11-5)12-8-10(14-8)7-9-13-7/h2-4,7H,1H3/b12-8+. The van der Waals surface area contributed by atoms with E-state index < -0.39 is 0 Å². The second kappa shape index (κ2) is 2.85. The molecule has 2 saturated heterocycles. The van der Waals surface area contributed by atoms with Crippen LogP contribution in [0.2, 0.25) is 0 Å². The second-order valence-electron chi connectivity index (χ2n) is 3.36. The number of nitrogens with zero attached hydrogens (tertiary/aromatic N) is 2. The number of aryl methyl sites for hydroxylation is 1. The summed E-state index contributed by atoms with van der Waals surface area (Å²) in [5.74, 6) is 1.54. The lowest BCUT2D eigenvalue weighted by Gasteiger charge is -1.91. The lowest BCUT2D eigenvalue weighted by Crippen LogP contribution is -2.04. The van der Waals surface area contributed by atoms with Crippen molar-refractivity contribution in [1.29, 1.82) is 0 Å². The Hall–Kier alpha value is -1.29. The highest BCUT2D eigenvalue weighted by Gasteiger charge is 2.56. The molecule has 2 fully saturated rings. The SMILES string of the molecule is Cc1cccc(/N=C2/OB2C2[B]O2)n1. The van der Waals surface area contributed by atoms with E-state index in [-0.39, 0.29) is 12.8 Å². The van der Waals surface area contributed by atoms with Gasteiger partial charge in [0.1, 0.15) is 0 Å². The second-order valence-corrected chi connectivity index (χ2v) is 3.36. The summed E-state index contributed by atoms with van der Waals surface area (Å²) in [5, 5.41) is 0. The number of aliphatic imine (C=N–C) groups is 1. The zero-order valence-corrected chi connectivity index (χ0v) is 7.68. The quantitative estimate of drug-likeness (QED) is 0.497. The summed E-state index contributed by atoms with van der Waals surface area (Å²) in [4.78, 5) is 8.51. The Kier molecular flexibility index (Phi) is 1.64. The Morgan fingerprint density at radius 1 is 1.57 bits per heavy atom. The molecule has 1 radical (unpaired) electrons. The number of rotatable bonds is 2. The highest BCUT2D eigenvalue weighted by Crippen LogP contribution is 2.25. The highest BCUT2D eigenvalue weighted by molar-refractivity contribution is 7.04. The average molecular weight is 185 g/mol. The molecule has 67 valence electrons. The fourth-order valence-corrected chi connectivity index (χ4v) is 1.29. The first-order chi connectivity index (χ1) is 6.83. The maximum absolute atomic E-state index is 5.24. The molecule has 0 aromatic carbocycles. The smallest absolute Gasteiger partial charge is 0.474 e. The van der Waals surface area contributed by atoms with Crippen LogP contribution in [-0.2, 0) is 9.31 Å². The summed E-state index contributed by atoms with van der Waals surface area (Å²) in [7, 11) is 1.75. The van der Waals surface area contributed by atoms with E-state index in [1.165, 1.54) is 0 Å². The van der Waals surface area contributed by atoms with Gasteiger partial charge >= 0.3 is 14.4 Å². The van der Waals surface area contributed by atoms with E-state index in [2.05, 4.69) is 9.98 Å². The maximum Gasteiger partial charge on any atom is 0.474 e. The van der Waals surface area contributed by atoms with Gasteiger partial charge in [0.15, 0.2) is 11.6 Å². The van der Waals surface area contributed by atoms with E-state index in [1.54, 1.807) is 7.48 Å². The van der Waals surface area contributed by atoms with Crippen molar-refractivity contribution in [3.63, 3.8) is 0 Å². The minimum atomic E-state index is 0.0392. The summed E-state index contributed by atoms with van der Waals surface area (Å²) in [6.45, 7) is 1.98. The Balaban J connectivity index is 1.78. The minimum absolute atomic E-state index is 0.0392. The Morgan fingerprint density at radius 3 is 3.14 bits per heavy atom. The van der Waals surface area contributed by atoms with Gasteiger partial charge in [-0.15, -0.1) is 0 Å². The van der Waals surface area contributed by atoms with Gasteiger partial charge in [-0.25, -0.2) is 9.98 Å². The van der Waals surface area contributed by atoms with Crippen molar-refractivity contribution in [3.05, 3.63) is 23.9 Å². The van der Waals surface area contributed by atoms with E-state index in [4.69, 9.17) is 9.31 Å². The van der Waals surface area contributed by atoms with Gasteiger partial charge in [-0.1, -0.05) is 6.07 Å². The zero-order chi connectivity index (χ0) is 9.54. The predicted molar refractivity (Wildman–Crippen MR) is 53.5 cm³/mol. The number of pyridine rings is 1. The molecule has 4 nitrogen and oxygen atoms in total. The lowest BCUT2D eigenvalue weighted by molar-refractivity contribution is 0.513. The van der Waals surface area contributed by atoms with E-state index in [1.807, 2.05) is 25.1 Å². The Morgan fingerprint density at radius 2 is 2.43 bits per heavy atom. The van der Waals surface area contributed by atoms with Crippen molar-refractivity contribution < 1.29 is 9.31 Å². The van der Waals surface area contributed by atoms with Crippen LogP contribution in [0.4, 0.5) is 5.82 Å². The minimum Gasteiger partial charge on any atom is -0.544 e. The number of hydrogen-bond donors (Lipinski definition) is 0. The van der Waals surface area contributed by atoms with Crippen molar-refractivity contribution >= 4 is 26.0 Å². The molecule has 1 aromatic heterocycles. The third-order valence-corrected chi connectivity index (χ3v) is 2.12. The van der Waals surface area contributed by atoms with Gasteiger partial charge in [0.25, 0.3) is 0 Å². The van der Waals surface area contributed by atoms with Gasteiger partial charge in [0, 0.05) is 5.69 Å². The fraction of sp³-hybridized carbons (Fsp3) is 0.250. The monoisotopic (exact) mass is 185 g/mol. The first-order valence-corrected chi connectivity index (χ1v) is 4.51. The fourth-order valence-electron chi connectivity index (χ4n) is 1.29. The van der Waals surface area contributed by atoms with Crippen LogP contribution in [-0.4, -0.2) is 31.1 Å². The predicted octanol–water partition coefficient (Wildman–Crippen LogP) is 0.496. The van der Waals surface area contributed by atoms with E-state index in [0.717, 1.165) is 11.5 Å². The van der Waals surface area contributed by atoms with Crippen LogP contribution in [0.25, 0.3) is 0 Å². The topological polar surface area (TPSA) is 50.3 Å². The molecule has 3 rings (SSSR count). The molecular formula is C8H7B2N2O2. The van der Waals surface area contributed by atoms with Gasteiger partial charge in [-0.2, -0.15) is 0 Å². The van der Waals surface area contributed by atoms with Crippen LogP contribution in [0.5, 0.6) is 0 Å². The van der Waals surface area contributed by atoms with Gasteiger partial charge in [-0.05, 0) is 19.1 Å². The van der Waals surface area contributed by atoms with Crippen molar-refractivity contribution in [3.8, 4) is 0 Å². The van der Waals surface area contributed by atoms with Crippen LogP contribution >= 0.6 is 0 Å². The number of aromatic nitrogens is 1. The molecule has 0 spiro atoms. The first-order valence-electron chi connectivity index (χ1n) is 4.51. The molecule has 0 aliphatic carbocycles. The van der Waals surface area contributed by atoms with Gasteiger partial charge in [0.05, 0.1) is 5.90 Å². The van der Waals surface area contributed by atoms with Crippen LogP contribution in [0, 0.1) is 6.92 Å². The molecule has 0 saturated carbocycles. The molecule has 1 unspecified atom stereocenters. The van der Waals surface area contributed by atoms with Crippen LogP contribution < -0.4 is 0 Å². The molecule has 3 heterocycles. The summed E-state index contributed by atoms with van der Waals surface area (Å²) in [6, 6.07) is 5.72. The molecule has 2 aliphatic heterocycles. The molecular weight excluding hydrogens is 178 g/mol. The normalized spacial score (nSPS) is 25.6. The van der Waals surface area contributed by atoms with E-state index >= 15 is 0 Å². The van der Waals surface area contributed by atoms with E-state index in [0.29, 0.717) is 5.82 Å². The Labute approximate surface area is 82.7 Å². The van der Waals surface area contributed by atoms with Crippen LogP contribution in [0.3, 0.4) is 0 Å². The average Bonchev–Trinajstić information content (AvgIpc) is 2.96. The maximum atomic E-state index is 5.24. The van der Waals surface area contributed by atoms with Crippen molar-refractivity contribution in [2.45, 2.75) is 12.8 Å². The molecule has 0 amide bonds. The third kappa shape index (κ3) is 1.53. The molecule has 1 atom stereocenters. The molecule has 6 heteroatoms. The van der Waals surface area contributed by atoms with Crippen LogP contribution in [0.15, 0.2) is 23.2 Å². The molecule has 14 heavy (non-hydrogen) atoms. The zero-order valence-electron chi connectivity index (χ0n) is 7.68. The van der Waals surface area contributed by atoms with Crippen molar-refractivity contribution in [2.75, 3.05) is 0 Å². The number of hydrogen-bond acceptors (Lipinski definition) is 4. The highest BCUT2D eigenvalue weighted by atomic mass is 16.6. The van der Waals surface area contributed by atoms with Gasteiger partial charge < -0.3 is 9.31 Å². The van der Waals surface area contributed by atoms with Crippen LogP contribution in [0.1, 0.15) is 5.69 Å². The van der Waals surface area contributed by atoms with Crippen molar-refractivity contribution in [1.82, 2.24) is 4.98 Å². The molecule has 0 bridgehead atoms. The van der Waals surface area contributed by atoms with Gasteiger partial charge in [-0.3, -0.25) is 0 Å². The molecule has 1 aromatic rings. The summed E-state index contributed by atoms with van der Waals surface area (Å²) >= 11 is 0. The first kappa shape index (κ1) is 8.05. The molecule has 0 N–H and O–H groups in total.